The zero-order valence-corrected chi connectivity index (χ0v) is 14.8. The number of para-hydroxylation sites is 2. The molecule has 1 fully saturated rings. The van der Waals surface area contributed by atoms with Crippen molar-refractivity contribution in [3.63, 3.8) is 0 Å². The van der Waals surface area contributed by atoms with Gasteiger partial charge in [-0.05, 0) is 37.1 Å². The van der Waals surface area contributed by atoms with E-state index in [0.717, 1.165) is 36.8 Å². The molecule has 5 heteroatoms. The van der Waals surface area contributed by atoms with Crippen LogP contribution in [0, 0.1) is 0 Å². The van der Waals surface area contributed by atoms with Crippen LogP contribution in [0.25, 0.3) is 0 Å². The van der Waals surface area contributed by atoms with Crippen molar-refractivity contribution in [1.29, 1.82) is 0 Å². The minimum absolute atomic E-state index is 0. The molecule has 0 spiro atoms. The molecular formula is C20H22CuN2O2. The molecular weight excluding hydrogens is 364 g/mol. The van der Waals surface area contributed by atoms with Crippen LogP contribution in [0.5, 0.6) is 11.5 Å². The van der Waals surface area contributed by atoms with Crippen molar-refractivity contribution in [1.82, 2.24) is 0 Å². The fraction of sp³-hybridized carbons (Fsp3) is 0.300. The Kier molecular flexibility index (Phi) is 7.23. The van der Waals surface area contributed by atoms with E-state index in [1.54, 1.807) is 36.7 Å². The van der Waals surface area contributed by atoms with E-state index < -0.39 is 0 Å². The predicted molar refractivity (Wildman–Crippen MR) is 97.4 cm³/mol. The normalized spacial score (nSPS) is 20.6. The summed E-state index contributed by atoms with van der Waals surface area (Å²) in [6.45, 7) is 0. The van der Waals surface area contributed by atoms with Crippen LogP contribution in [0.2, 0.25) is 0 Å². The second kappa shape index (κ2) is 9.40. The second-order valence-corrected chi connectivity index (χ2v) is 6.09. The number of phenols is 2. The summed E-state index contributed by atoms with van der Waals surface area (Å²) in [4.78, 5) is 9.34. The first-order valence-electron chi connectivity index (χ1n) is 8.36. The minimum atomic E-state index is 0. The average molecular weight is 386 g/mol. The van der Waals surface area contributed by atoms with E-state index in [4.69, 9.17) is 0 Å². The van der Waals surface area contributed by atoms with Crippen molar-refractivity contribution in [3.05, 3.63) is 59.7 Å². The van der Waals surface area contributed by atoms with Crippen LogP contribution in [-0.4, -0.2) is 34.7 Å². The van der Waals surface area contributed by atoms with Crippen molar-refractivity contribution in [2.45, 2.75) is 37.8 Å². The Bertz CT molecular complexity index is 682. The molecule has 0 heterocycles. The Morgan fingerprint density at radius 2 is 1.12 bits per heavy atom. The van der Waals surface area contributed by atoms with Gasteiger partial charge in [-0.15, -0.1) is 0 Å². The van der Waals surface area contributed by atoms with Crippen molar-refractivity contribution in [3.8, 4) is 11.5 Å². The Hall–Kier alpha value is -2.10. The van der Waals surface area contributed by atoms with E-state index in [0.29, 0.717) is 0 Å². The molecule has 0 amide bonds. The largest absolute Gasteiger partial charge is 0.507 e. The maximum Gasteiger partial charge on any atom is 0.124 e. The van der Waals surface area contributed by atoms with Crippen LogP contribution in [-0.2, 0) is 17.1 Å². The van der Waals surface area contributed by atoms with Crippen LogP contribution in [0.1, 0.15) is 36.8 Å². The second-order valence-electron chi connectivity index (χ2n) is 6.09. The molecule has 25 heavy (non-hydrogen) atoms. The van der Waals surface area contributed by atoms with Crippen molar-refractivity contribution in [2.24, 2.45) is 9.98 Å². The smallest absolute Gasteiger partial charge is 0.124 e. The third kappa shape index (κ3) is 5.18. The molecule has 3 rings (SSSR count). The Morgan fingerprint density at radius 1 is 0.720 bits per heavy atom. The number of hydrogen-bond acceptors (Lipinski definition) is 4. The topological polar surface area (TPSA) is 65.2 Å². The van der Waals surface area contributed by atoms with E-state index >= 15 is 0 Å². The number of aromatic hydroxyl groups is 2. The first-order valence-corrected chi connectivity index (χ1v) is 8.36. The third-order valence-corrected chi connectivity index (χ3v) is 4.38. The van der Waals surface area contributed by atoms with Crippen LogP contribution in [0.15, 0.2) is 58.5 Å². The van der Waals surface area contributed by atoms with E-state index in [1.807, 2.05) is 24.3 Å². The van der Waals surface area contributed by atoms with Gasteiger partial charge < -0.3 is 10.2 Å². The molecule has 0 unspecified atom stereocenters. The molecule has 2 atom stereocenters. The fourth-order valence-corrected chi connectivity index (χ4v) is 2.98. The summed E-state index contributed by atoms with van der Waals surface area (Å²) in [7, 11) is 0. The van der Waals surface area contributed by atoms with Gasteiger partial charge in [-0.3, -0.25) is 9.98 Å². The van der Waals surface area contributed by atoms with Gasteiger partial charge in [0, 0.05) is 40.6 Å². The zero-order chi connectivity index (χ0) is 16.8. The Morgan fingerprint density at radius 3 is 1.52 bits per heavy atom. The van der Waals surface area contributed by atoms with Gasteiger partial charge in [0.15, 0.2) is 0 Å². The summed E-state index contributed by atoms with van der Waals surface area (Å²) in [5.41, 5.74) is 1.46. The van der Waals surface area contributed by atoms with E-state index in [1.165, 1.54) is 0 Å². The molecule has 1 radical (unpaired) electrons. The summed E-state index contributed by atoms with van der Waals surface area (Å²) in [5.74, 6) is 0.484. The maximum absolute atomic E-state index is 9.84. The quantitative estimate of drug-likeness (QED) is 0.618. The Labute approximate surface area is 158 Å². The molecule has 0 bridgehead atoms. The number of rotatable bonds is 4. The first-order chi connectivity index (χ1) is 11.7. The van der Waals surface area contributed by atoms with Gasteiger partial charge in [0.05, 0.1) is 12.1 Å². The monoisotopic (exact) mass is 385 g/mol. The molecule has 0 saturated heterocycles. The standard InChI is InChI=1S/C20H22N2O2.Cu/c23-19-11-5-1-7-15(19)13-21-17-9-3-4-10-18(17)22-14-16-8-2-6-12-20(16)24;/h1-2,5-8,11-14,17-18,23-24H,3-4,9-10H2;/t17-,18-;/m1./s1. The van der Waals surface area contributed by atoms with Gasteiger partial charge in [0.2, 0.25) is 0 Å². The van der Waals surface area contributed by atoms with Gasteiger partial charge in [-0.1, -0.05) is 37.1 Å². The fourth-order valence-electron chi connectivity index (χ4n) is 2.98. The summed E-state index contributed by atoms with van der Waals surface area (Å²) in [5, 5.41) is 19.7. The number of nitrogens with zero attached hydrogens (tertiary/aromatic N) is 2. The average Bonchev–Trinajstić information content (AvgIpc) is 2.61. The van der Waals surface area contributed by atoms with Crippen LogP contribution < -0.4 is 0 Å². The Balaban J connectivity index is 0.00000225. The van der Waals surface area contributed by atoms with Crippen LogP contribution in [0.3, 0.4) is 0 Å². The summed E-state index contributed by atoms with van der Waals surface area (Å²) in [6, 6.07) is 14.6. The third-order valence-electron chi connectivity index (χ3n) is 4.38. The molecule has 2 N–H and O–H groups in total. The van der Waals surface area contributed by atoms with Gasteiger partial charge in [0.1, 0.15) is 11.5 Å². The maximum atomic E-state index is 9.84. The van der Waals surface area contributed by atoms with Crippen molar-refractivity contribution >= 4 is 12.4 Å². The number of hydrogen-bond donors (Lipinski definition) is 2. The summed E-state index contributed by atoms with van der Waals surface area (Å²) >= 11 is 0. The molecule has 4 nitrogen and oxygen atoms in total. The first kappa shape index (κ1) is 19.2. The van der Waals surface area contributed by atoms with Gasteiger partial charge in [0.25, 0.3) is 0 Å². The number of phenolic OH excluding ortho intramolecular Hbond substituents is 2. The molecule has 2 aromatic rings. The van der Waals surface area contributed by atoms with Crippen LogP contribution >= 0.6 is 0 Å². The van der Waals surface area contributed by atoms with Gasteiger partial charge >= 0.3 is 0 Å². The molecule has 1 aliphatic rings. The summed E-state index contributed by atoms with van der Waals surface area (Å²) in [6.07, 6.45) is 7.76. The van der Waals surface area contributed by atoms with Gasteiger partial charge in [-0.25, -0.2) is 0 Å². The van der Waals surface area contributed by atoms with Gasteiger partial charge in [-0.2, -0.15) is 0 Å². The number of aliphatic imine (C=N–C) groups is 2. The SMILES string of the molecule is Oc1ccccc1C=N[C@@H]1CCCC[C@H]1N=Cc1ccccc1O.[Cu]. The van der Waals surface area contributed by atoms with Crippen LogP contribution in [0.4, 0.5) is 0 Å². The van der Waals surface area contributed by atoms with E-state index in [-0.39, 0.29) is 40.7 Å². The van der Waals surface area contributed by atoms with E-state index in [2.05, 4.69) is 9.98 Å². The zero-order valence-electron chi connectivity index (χ0n) is 13.8. The minimum Gasteiger partial charge on any atom is -0.507 e. The predicted octanol–water partition coefficient (Wildman–Crippen LogP) is 3.94. The molecule has 1 aliphatic carbocycles. The number of benzene rings is 2. The van der Waals surface area contributed by atoms with Crippen molar-refractivity contribution < 1.29 is 27.3 Å². The molecule has 0 aromatic heterocycles. The van der Waals surface area contributed by atoms with Crippen molar-refractivity contribution in [2.75, 3.05) is 0 Å². The summed E-state index contributed by atoms with van der Waals surface area (Å²) < 4.78 is 0. The molecule has 135 valence electrons. The van der Waals surface area contributed by atoms with E-state index in [9.17, 15) is 10.2 Å². The molecule has 2 aromatic carbocycles. The molecule has 1 saturated carbocycles. The molecule has 0 aliphatic heterocycles.